The minimum atomic E-state index is -4.40. The van der Waals surface area contributed by atoms with Crippen molar-refractivity contribution in [1.82, 2.24) is 9.97 Å². The number of hydrogen-bond donors (Lipinski definition) is 1. The fourth-order valence-electron chi connectivity index (χ4n) is 2.72. The van der Waals surface area contributed by atoms with Crippen LogP contribution in [0.2, 0.25) is 0 Å². The Morgan fingerprint density at radius 3 is 2.52 bits per heavy atom. The Morgan fingerprint density at radius 2 is 1.78 bits per heavy atom. The highest BCUT2D eigenvalue weighted by Gasteiger charge is 2.30. The molecule has 0 saturated carbocycles. The van der Waals surface area contributed by atoms with Gasteiger partial charge in [0.25, 0.3) is 0 Å². The molecule has 0 radical (unpaired) electrons. The van der Waals surface area contributed by atoms with Crippen LogP contribution in [0, 0.1) is 0 Å². The van der Waals surface area contributed by atoms with Crippen molar-refractivity contribution in [3.63, 3.8) is 0 Å². The molecule has 0 fully saturated rings. The van der Waals surface area contributed by atoms with Crippen LogP contribution >= 0.6 is 27.3 Å². The van der Waals surface area contributed by atoms with E-state index in [1.807, 2.05) is 29.6 Å². The van der Waals surface area contributed by atoms with E-state index < -0.39 is 11.7 Å². The lowest BCUT2D eigenvalue weighted by molar-refractivity contribution is -0.137. The van der Waals surface area contributed by atoms with Crippen molar-refractivity contribution in [2.24, 2.45) is 0 Å². The molecule has 0 atom stereocenters. The molecule has 4 rings (SSSR count). The second kappa shape index (κ2) is 6.94. The molecular weight excluding hydrogens is 439 g/mol. The van der Waals surface area contributed by atoms with Crippen LogP contribution in [-0.4, -0.2) is 9.97 Å². The minimum Gasteiger partial charge on any atom is -0.340 e. The molecule has 0 aliphatic rings. The lowest BCUT2D eigenvalue weighted by atomic mass is 10.1. The number of nitrogens with one attached hydrogen (secondary N) is 1. The van der Waals surface area contributed by atoms with Gasteiger partial charge in [0.15, 0.2) is 0 Å². The van der Waals surface area contributed by atoms with Gasteiger partial charge in [-0.2, -0.15) is 13.2 Å². The average molecular weight is 450 g/mol. The second-order valence-corrected chi connectivity index (χ2v) is 7.54. The summed E-state index contributed by atoms with van der Waals surface area (Å²) in [6, 6.07) is 12.9. The summed E-state index contributed by atoms with van der Waals surface area (Å²) < 4.78 is 39.9. The summed E-state index contributed by atoms with van der Waals surface area (Å²) in [6.45, 7) is 0. The number of benzene rings is 2. The van der Waals surface area contributed by atoms with Gasteiger partial charge in [0.05, 0.1) is 10.9 Å². The minimum absolute atomic E-state index is 0.317. The Kier molecular flexibility index (Phi) is 4.61. The first kappa shape index (κ1) is 17.9. The van der Waals surface area contributed by atoms with Gasteiger partial charge in [0.1, 0.15) is 17.0 Å². The highest BCUT2D eigenvalue weighted by Crippen LogP contribution is 2.38. The third-order valence-electron chi connectivity index (χ3n) is 3.98. The van der Waals surface area contributed by atoms with Gasteiger partial charge >= 0.3 is 6.18 Å². The van der Waals surface area contributed by atoms with Crippen LogP contribution in [-0.2, 0) is 6.18 Å². The van der Waals surface area contributed by atoms with Gasteiger partial charge in [-0.05, 0) is 35.9 Å². The number of aromatic nitrogens is 2. The maximum atomic E-state index is 13.0. The Bertz CT molecular complexity index is 1110. The van der Waals surface area contributed by atoms with E-state index in [4.69, 9.17) is 0 Å². The van der Waals surface area contributed by atoms with E-state index in [1.54, 1.807) is 6.07 Å². The number of nitrogens with zero attached hydrogens (tertiary/aromatic N) is 2. The molecular formula is C19H11BrF3N3S. The molecule has 0 spiro atoms. The highest BCUT2D eigenvalue weighted by atomic mass is 79.9. The fraction of sp³-hybridized carbons (Fsp3) is 0.0526. The predicted octanol–water partition coefficient (Wildman–Crippen LogP) is 6.88. The summed E-state index contributed by atoms with van der Waals surface area (Å²) in [6.07, 6.45) is -3.00. The molecule has 4 aromatic rings. The topological polar surface area (TPSA) is 37.8 Å². The van der Waals surface area contributed by atoms with Crippen LogP contribution in [0.5, 0.6) is 0 Å². The number of thiophene rings is 1. The molecule has 2 aromatic heterocycles. The van der Waals surface area contributed by atoms with Crippen LogP contribution in [0.25, 0.3) is 21.3 Å². The largest absolute Gasteiger partial charge is 0.416 e. The average Bonchev–Trinajstić information content (AvgIpc) is 3.07. The molecule has 27 heavy (non-hydrogen) atoms. The van der Waals surface area contributed by atoms with Gasteiger partial charge < -0.3 is 5.32 Å². The van der Waals surface area contributed by atoms with E-state index in [0.29, 0.717) is 11.5 Å². The van der Waals surface area contributed by atoms with Crippen LogP contribution in [0.3, 0.4) is 0 Å². The van der Waals surface area contributed by atoms with E-state index in [-0.39, 0.29) is 0 Å². The third kappa shape index (κ3) is 3.68. The third-order valence-corrected chi connectivity index (χ3v) is 5.39. The highest BCUT2D eigenvalue weighted by molar-refractivity contribution is 9.10. The monoisotopic (exact) mass is 449 g/mol. The Morgan fingerprint density at radius 1 is 1.00 bits per heavy atom. The number of alkyl halides is 3. The van der Waals surface area contributed by atoms with E-state index in [2.05, 4.69) is 31.2 Å². The van der Waals surface area contributed by atoms with Crippen molar-refractivity contribution in [2.75, 3.05) is 5.32 Å². The zero-order valence-corrected chi connectivity index (χ0v) is 16.0. The van der Waals surface area contributed by atoms with Crippen molar-refractivity contribution in [2.45, 2.75) is 6.18 Å². The zero-order valence-electron chi connectivity index (χ0n) is 13.6. The van der Waals surface area contributed by atoms with E-state index in [1.165, 1.54) is 23.7 Å². The van der Waals surface area contributed by atoms with Crippen LogP contribution in [0.1, 0.15) is 5.56 Å². The van der Waals surface area contributed by atoms with E-state index in [0.717, 1.165) is 37.9 Å². The Labute approximate surface area is 165 Å². The van der Waals surface area contributed by atoms with E-state index in [9.17, 15) is 13.2 Å². The lowest BCUT2D eigenvalue weighted by Gasteiger charge is -2.11. The maximum Gasteiger partial charge on any atom is 0.416 e. The van der Waals surface area contributed by atoms with Gasteiger partial charge in [-0.15, -0.1) is 11.3 Å². The normalized spacial score (nSPS) is 11.7. The Hall–Kier alpha value is -2.45. The molecule has 8 heteroatoms. The first-order valence-electron chi connectivity index (χ1n) is 7.84. The summed E-state index contributed by atoms with van der Waals surface area (Å²) >= 11 is 4.88. The van der Waals surface area contributed by atoms with Crippen LogP contribution in [0.15, 0.2) is 64.7 Å². The maximum absolute atomic E-state index is 13.0. The first-order valence-corrected chi connectivity index (χ1v) is 9.51. The molecule has 1 N–H and O–H groups in total. The molecule has 2 heterocycles. The molecule has 3 nitrogen and oxygen atoms in total. The second-order valence-electron chi connectivity index (χ2n) is 5.76. The van der Waals surface area contributed by atoms with Crippen molar-refractivity contribution < 1.29 is 13.2 Å². The lowest BCUT2D eigenvalue weighted by Crippen LogP contribution is -2.05. The summed E-state index contributed by atoms with van der Waals surface area (Å²) in [5, 5.41) is 5.77. The quantitative estimate of drug-likeness (QED) is 0.370. The smallest absolute Gasteiger partial charge is 0.340 e. The number of anilines is 2. The number of rotatable bonds is 3. The number of fused-ring (bicyclic) bond motifs is 1. The van der Waals surface area contributed by atoms with E-state index >= 15 is 0 Å². The fourth-order valence-corrected chi connectivity index (χ4v) is 3.90. The van der Waals surface area contributed by atoms with Gasteiger partial charge in [-0.1, -0.05) is 34.1 Å². The molecule has 0 aliphatic heterocycles. The first-order chi connectivity index (χ1) is 12.9. The molecule has 0 aliphatic carbocycles. The summed E-state index contributed by atoms with van der Waals surface area (Å²) in [7, 11) is 0. The van der Waals surface area contributed by atoms with Crippen molar-refractivity contribution in [1.29, 1.82) is 0 Å². The van der Waals surface area contributed by atoms with Crippen LogP contribution < -0.4 is 5.32 Å². The van der Waals surface area contributed by atoms with Gasteiger partial charge in [-0.3, -0.25) is 0 Å². The van der Waals surface area contributed by atoms with Crippen molar-refractivity contribution in [3.05, 3.63) is 70.3 Å². The Balaban J connectivity index is 1.79. The number of halogens is 4. The summed E-state index contributed by atoms with van der Waals surface area (Å²) in [5.74, 6) is 0.471. The zero-order chi connectivity index (χ0) is 19.0. The standard InChI is InChI=1S/C19H11BrF3N3S/c20-13-6-4-11(5-7-13)15-9-27-18-16(15)17(24-10-25-18)26-14-3-1-2-12(8-14)19(21,22)23/h1-10H,(H,24,25,26). The molecule has 2 aromatic carbocycles. The molecule has 0 amide bonds. The molecule has 0 saturated heterocycles. The molecule has 0 unspecified atom stereocenters. The molecule has 0 bridgehead atoms. The molecule has 136 valence electrons. The van der Waals surface area contributed by atoms with Gasteiger partial charge in [-0.25, -0.2) is 9.97 Å². The van der Waals surface area contributed by atoms with Gasteiger partial charge in [0.2, 0.25) is 0 Å². The van der Waals surface area contributed by atoms with Crippen molar-refractivity contribution in [3.8, 4) is 11.1 Å². The number of hydrogen-bond acceptors (Lipinski definition) is 4. The van der Waals surface area contributed by atoms with Crippen molar-refractivity contribution >= 4 is 49.0 Å². The predicted molar refractivity (Wildman–Crippen MR) is 105 cm³/mol. The van der Waals surface area contributed by atoms with Crippen LogP contribution in [0.4, 0.5) is 24.7 Å². The summed E-state index contributed by atoms with van der Waals surface area (Å²) in [5.41, 5.74) is 1.51. The summed E-state index contributed by atoms with van der Waals surface area (Å²) in [4.78, 5) is 9.31. The SMILES string of the molecule is FC(F)(F)c1cccc(Nc2ncnc3scc(-c4ccc(Br)cc4)c23)c1. The van der Waals surface area contributed by atoms with Gasteiger partial charge in [0, 0.05) is 21.1 Å².